The normalized spacial score (nSPS) is 27.7. The molecule has 2 aromatic rings. The Morgan fingerprint density at radius 3 is 2.23 bits per heavy atom. The predicted molar refractivity (Wildman–Crippen MR) is 126 cm³/mol. The van der Waals surface area contributed by atoms with E-state index in [1.807, 2.05) is 56.0 Å². The lowest BCUT2D eigenvalue weighted by molar-refractivity contribution is -0.102. The lowest BCUT2D eigenvalue weighted by Crippen LogP contribution is -2.64. The maximum Gasteiger partial charge on any atom is 0.411 e. The summed E-state index contributed by atoms with van der Waals surface area (Å²) in [5, 5.41) is 11.4. The summed E-state index contributed by atoms with van der Waals surface area (Å²) in [7, 11) is 0. The number of nitrogens with zero attached hydrogens (tertiary/aromatic N) is 1. The van der Waals surface area contributed by atoms with Crippen molar-refractivity contribution >= 4 is 22.0 Å². The van der Waals surface area contributed by atoms with Crippen LogP contribution in [0.3, 0.4) is 0 Å². The first-order valence-electron chi connectivity index (χ1n) is 11.1. The van der Waals surface area contributed by atoms with Gasteiger partial charge < -0.3 is 9.84 Å². The summed E-state index contributed by atoms with van der Waals surface area (Å²) in [6.45, 7) is 6.20. The van der Waals surface area contributed by atoms with Crippen LogP contribution in [-0.4, -0.2) is 33.3 Å². The molecule has 5 rings (SSSR count). The Kier molecular flexibility index (Phi) is 5.95. The van der Waals surface area contributed by atoms with E-state index in [2.05, 4.69) is 40.2 Å². The highest BCUT2D eigenvalue weighted by Gasteiger charge is 2.58. The van der Waals surface area contributed by atoms with Gasteiger partial charge in [-0.25, -0.2) is 4.79 Å². The highest BCUT2D eigenvalue weighted by atomic mass is 79.9. The zero-order chi connectivity index (χ0) is 22.3. The number of rotatable bonds is 4. The molecular weight excluding hydrogens is 454 g/mol. The molecule has 3 aliphatic carbocycles. The van der Waals surface area contributed by atoms with Crippen molar-refractivity contribution in [2.75, 3.05) is 0 Å². The molecule has 31 heavy (non-hydrogen) atoms. The van der Waals surface area contributed by atoms with Crippen LogP contribution in [0.5, 0.6) is 0 Å². The Hall–Kier alpha value is -1.85. The molecule has 166 valence electrons. The Bertz CT molecular complexity index is 912. The van der Waals surface area contributed by atoms with Gasteiger partial charge in [-0.3, -0.25) is 4.90 Å². The predicted octanol–water partition coefficient (Wildman–Crippen LogP) is 6.20. The molecule has 1 N–H and O–H groups in total. The van der Waals surface area contributed by atoms with Gasteiger partial charge >= 0.3 is 6.09 Å². The van der Waals surface area contributed by atoms with E-state index >= 15 is 0 Å². The van der Waals surface area contributed by atoms with E-state index in [0.29, 0.717) is 13.0 Å². The molecule has 1 atom stereocenters. The maximum absolute atomic E-state index is 13.4. The number of fused-ring (bicyclic) bond motifs is 3. The number of halogens is 1. The van der Waals surface area contributed by atoms with Gasteiger partial charge in [0.2, 0.25) is 0 Å². The first kappa shape index (κ1) is 22.3. The number of hydrogen-bond acceptors (Lipinski definition) is 3. The van der Waals surface area contributed by atoms with Gasteiger partial charge in [-0.05, 0) is 76.1 Å². The second-order valence-corrected chi connectivity index (χ2v) is 11.1. The van der Waals surface area contributed by atoms with Crippen LogP contribution >= 0.6 is 15.9 Å². The van der Waals surface area contributed by atoms with E-state index in [-0.39, 0.29) is 17.0 Å². The zero-order valence-corrected chi connectivity index (χ0v) is 20.2. The van der Waals surface area contributed by atoms with Gasteiger partial charge in [0.25, 0.3) is 0 Å². The second-order valence-electron chi connectivity index (χ2n) is 10.2. The third-order valence-electron chi connectivity index (χ3n) is 7.07. The quantitative estimate of drug-likeness (QED) is 0.560. The first-order valence-corrected chi connectivity index (χ1v) is 11.9. The third kappa shape index (κ3) is 4.40. The summed E-state index contributed by atoms with van der Waals surface area (Å²) in [5.41, 5.74) is 1.10. The summed E-state index contributed by atoms with van der Waals surface area (Å²) in [4.78, 5) is 15.3. The molecule has 5 heteroatoms. The van der Waals surface area contributed by atoms with Crippen molar-refractivity contribution in [1.29, 1.82) is 0 Å². The molecule has 0 radical (unpaired) electrons. The van der Waals surface area contributed by atoms with Crippen LogP contribution in [0, 0.1) is 0 Å². The Labute approximate surface area is 193 Å². The van der Waals surface area contributed by atoms with Crippen molar-refractivity contribution in [3.8, 4) is 0 Å². The van der Waals surface area contributed by atoms with E-state index in [4.69, 9.17) is 4.74 Å². The summed E-state index contributed by atoms with van der Waals surface area (Å²) < 4.78 is 6.87. The molecule has 3 aliphatic rings. The van der Waals surface area contributed by atoms with Gasteiger partial charge in [-0.1, -0.05) is 58.4 Å². The third-order valence-corrected chi connectivity index (χ3v) is 7.60. The van der Waals surface area contributed by atoms with Gasteiger partial charge in [-0.2, -0.15) is 0 Å². The lowest BCUT2D eigenvalue weighted by Gasteiger charge is -2.59. The topological polar surface area (TPSA) is 49.8 Å². The molecule has 3 saturated carbocycles. The van der Waals surface area contributed by atoms with Gasteiger partial charge in [0.15, 0.2) is 0 Å². The number of aliphatic hydroxyl groups is 1. The van der Waals surface area contributed by atoms with Crippen molar-refractivity contribution in [2.45, 2.75) is 82.1 Å². The van der Waals surface area contributed by atoms with Crippen LogP contribution in [0.4, 0.5) is 4.79 Å². The zero-order valence-electron chi connectivity index (χ0n) is 18.6. The van der Waals surface area contributed by atoms with Gasteiger partial charge in [0.1, 0.15) is 5.60 Å². The van der Waals surface area contributed by atoms with Crippen molar-refractivity contribution in [2.24, 2.45) is 0 Å². The minimum absolute atomic E-state index is 0.227. The van der Waals surface area contributed by atoms with E-state index in [0.717, 1.165) is 35.7 Å². The first-order chi connectivity index (χ1) is 14.6. The molecule has 1 amide bonds. The molecule has 0 saturated heterocycles. The van der Waals surface area contributed by atoms with Crippen LogP contribution in [0.25, 0.3) is 0 Å². The molecule has 2 bridgehead atoms. The number of aliphatic hydroxyl groups excluding tert-OH is 1. The smallest absolute Gasteiger partial charge is 0.411 e. The van der Waals surface area contributed by atoms with Crippen molar-refractivity contribution in [3.63, 3.8) is 0 Å². The van der Waals surface area contributed by atoms with E-state index < -0.39 is 11.7 Å². The minimum Gasteiger partial charge on any atom is -0.444 e. The van der Waals surface area contributed by atoms with Crippen molar-refractivity contribution in [1.82, 2.24) is 4.90 Å². The molecule has 3 fully saturated rings. The SMILES string of the molecule is CC(C)(C)OC(=O)N(Cc1ccccc1)C12CCC(c3ccc(Br)cc3)(CC1)[C@@H](O)C2. The number of hydrogen-bond donors (Lipinski definition) is 1. The molecule has 0 heterocycles. The standard InChI is InChI=1S/C26H32BrNO3/c1-24(2,3)31-23(30)28(18-19-7-5-4-6-8-19)25-13-15-26(16-14-25,22(29)17-25)20-9-11-21(27)12-10-20/h4-12,22,29H,13-18H2,1-3H3/t22-,25?,26?/m0/s1. The van der Waals surface area contributed by atoms with Gasteiger partial charge in [0.05, 0.1) is 6.10 Å². The highest BCUT2D eigenvalue weighted by molar-refractivity contribution is 9.10. The Morgan fingerprint density at radius 1 is 1.06 bits per heavy atom. The van der Waals surface area contributed by atoms with E-state index in [1.165, 1.54) is 5.56 Å². The average Bonchev–Trinajstić information content (AvgIpc) is 2.73. The monoisotopic (exact) mass is 485 g/mol. The molecule has 0 spiro atoms. The fourth-order valence-corrected chi connectivity index (χ4v) is 5.67. The van der Waals surface area contributed by atoms with Crippen LogP contribution in [-0.2, 0) is 16.7 Å². The van der Waals surface area contributed by atoms with Gasteiger partial charge in [0, 0.05) is 22.0 Å². The van der Waals surface area contributed by atoms with Crippen molar-refractivity contribution < 1.29 is 14.6 Å². The number of carbonyl (C=O) groups is 1. The van der Waals surface area contributed by atoms with Crippen molar-refractivity contribution in [3.05, 3.63) is 70.2 Å². The molecule has 0 unspecified atom stereocenters. The summed E-state index contributed by atoms with van der Waals surface area (Å²) in [5.74, 6) is 0. The average molecular weight is 486 g/mol. The summed E-state index contributed by atoms with van der Waals surface area (Å²) in [6, 6.07) is 18.4. The number of ether oxygens (including phenoxy) is 1. The molecule has 4 nitrogen and oxygen atoms in total. The highest BCUT2D eigenvalue weighted by Crippen LogP contribution is 2.56. The Morgan fingerprint density at radius 2 is 1.68 bits per heavy atom. The molecule has 0 aliphatic heterocycles. The van der Waals surface area contributed by atoms with E-state index in [9.17, 15) is 9.90 Å². The largest absolute Gasteiger partial charge is 0.444 e. The van der Waals surface area contributed by atoms with Crippen LogP contribution in [0.2, 0.25) is 0 Å². The summed E-state index contributed by atoms with van der Waals surface area (Å²) >= 11 is 3.51. The minimum atomic E-state index is -0.564. The van der Waals surface area contributed by atoms with Gasteiger partial charge in [-0.15, -0.1) is 0 Å². The molecular formula is C26H32BrNO3. The second kappa shape index (κ2) is 8.25. The van der Waals surface area contributed by atoms with Crippen LogP contribution in [0.1, 0.15) is 64.0 Å². The van der Waals surface area contributed by atoms with Crippen LogP contribution in [0.15, 0.2) is 59.1 Å². The molecule has 0 aromatic heterocycles. The summed E-state index contributed by atoms with van der Waals surface area (Å²) in [6.07, 6.45) is 3.26. The van der Waals surface area contributed by atoms with E-state index in [1.54, 1.807) is 0 Å². The lowest BCUT2D eigenvalue weighted by atomic mass is 9.53. The fraction of sp³-hybridized carbons (Fsp3) is 0.500. The number of benzene rings is 2. The number of amides is 1. The van der Waals surface area contributed by atoms with Crippen LogP contribution < -0.4 is 0 Å². The fourth-order valence-electron chi connectivity index (χ4n) is 5.41. The number of carbonyl (C=O) groups excluding carboxylic acids is 1. The maximum atomic E-state index is 13.4. The molecule has 2 aromatic carbocycles. The Balaban J connectivity index is 1.63.